The normalized spacial score (nSPS) is 15.0. The number of sulfonamides is 1. The maximum Gasteiger partial charge on any atom is 0.244 e. The number of halogens is 2. The molecule has 1 saturated carbocycles. The maximum atomic E-state index is 12.3. The summed E-state index contributed by atoms with van der Waals surface area (Å²) in [6.07, 6.45) is 4.09. The van der Waals surface area contributed by atoms with Crippen LogP contribution >= 0.6 is 24.0 Å². The third kappa shape index (κ3) is 5.28. The summed E-state index contributed by atoms with van der Waals surface area (Å²) in [6, 6.07) is 4.66. The Hall–Kier alpha value is -0.530. The van der Waals surface area contributed by atoms with Crippen LogP contribution in [0.5, 0.6) is 5.75 Å². The van der Waals surface area contributed by atoms with Gasteiger partial charge in [-0.05, 0) is 49.9 Å². The van der Waals surface area contributed by atoms with Crippen molar-refractivity contribution in [1.29, 1.82) is 0 Å². The molecule has 1 aromatic carbocycles. The maximum absolute atomic E-state index is 12.3. The van der Waals surface area contributed by atoms with Gasteiger partial charge in [-0.1, -0.05) is 18.0 Å². The molecule has 1 aliphatic carbocycles. The molecule has 0 atom stereocenters. The molecule has 1 aliphatic rings. The predicted molar refractivity (Wildman–Crippen MR) is 90.4 cm³/mol. The van der Waals surface area contributed by atoms with Crippen LogP contribution in [0.3, 0.4) is 0 Å². The Morgan fingerprint density at radius 2 is 2.09 bits per heavy atom. The molecule has 0 amide bonds. The van der Waals surface area contributed by atoms with Gasteiger partial charge >= 0.3 is 0 Å². The molecule has 0 aliphatic heterocycles. The molecule has 0 aromatic heterocycles. The van der Waals surface area contributed by atoms with E-state index in [2.05, 4.69) is 4.72 Å². The first-order valence-corrected chi connectivity index (χ1v) is 9.01. The van der Waals surface area contributed by atoms with Gasteiger partial charge in [0.15, 0.2) is 0 Å². The fraction of sp³-hybridized carbons (Fsp3) is 0.571. The highest BCUT2D eigenvalue weighted by Gasteiger charge is 2.22. The van der Waals surface area contributed by atoms with E-state index in [0.29, 0.717) is 42.8 Å². The summed E-state index contributed by atoms with van der Waals surface area (Å²) in [5, 5.41) is 0.366. The van der Waals surface area contributed by atoms with Gasteiger partial charge in [-0.3, -0.25) is 0 Å². The average Bonchev–Trinajstić information content (AvgIpc) is 2.38. The lowest BCUT2D eigenvalue weighted by Crippen LogP contribution is -2.27. The van der Waals surface area contributed by atoms with E-state index in [4.69, 9.17) is 22.1 Å². The van der Waals surface area contributed by atoms with E-state index < -0.39 is 10.0 Å². The van der Waals surface area contributed by atoms with E-state index in [9.17, 15) is 8.42 Å². The van der Waals surface area contributed by atoms with Crippen molar-refractivity contribution in [3.63, 3.8) is 0 Å². The monoisotopic (exact) mass is 368 g/mol. The van der Waals surface area contributed by atoms with Crippen molar-refractivity contribution in [3.05, 3.63) is 23.2 Å². The van der Waals surface area contributed by atoms with Crippen LogP contribution in [-0.2, 0) is 10.0 Å². The molecule has 1 fully saturated rings. The molecule has 126 valence electrons. The Balaban J connectivity index is 0.00000242. The highest BCUT2D eigenvalue weighted by molar-refractivity contribution is 7.89. The van der Waals surface area contributed by atoms with Crippen molar-refractivity contribution in [1.82, 2.24) is 4.72 Å². The van der Waals surface area contributed by atoms with Gasteiger partial charge in [-0.15, -0.1) is 12.4 Å². The third-order valence-corrected chi connectivity index (χ3v) is 5.28. The number of benzene rings is 1. The van der Waals surface area contributed by atoms with E-state index in [1.165, 1.54) is 12.5 Å². The summed E-state index contributed by atoms with van der Waals surface area (Å²) in [5.41, 5.74) is 5.37. The molecule has 22 heavy (non-hydrogen) atoms. The van der Waals surface area contributed by atoms with Crippen LogP contribution in [0.4, 0.5) is 0 Å². The molecule has 8 heteroatoms. The topological polar surface area (TPSA) is 81.4 Å². The highest BCUT2D eigenvalue weighted by Crippen LogP contribution is 2.31. The van der Waals surface area contributed by atoms with E-state index in [1.54, 1.807) is 12.1 Å². The summed E-state index contributed by atoms with van der Waals surface area (Å²) < 4.78 is 32.8. The second kappa shape index (κ2) is 8.93. The molecule has 1 aromatic rings. The molecular weight excluding hydrogens is 347 g/mol. The lowest BCUT2D eigenvalue weighted by Gasteiger charge is -2.25. The van der Waals surface area contributed by atoms with Gasteiger partial charge in [0.05, 0.1) is 6.61 Å². The van der Waals surface area contributed by atoms with E-state index >= 15 is 0 Å². The first-order chi connectivity index (χ1) is 10.0. The molecule has 3 N–H and O–H groups in total. The quantitative estimate of drug-likeness (QED) is 0.690. The summed E-state index contributed by atoms with van der Waals surface area (Å²) >= 11 is 5.92. The second-order valence-electron chi connectivity index (χ2n) is 5.24. The first kappa shape index (κ1) is 19.5. The van der Waals surface area contributed by atoms with Crippen molar-refractivity contribution >= 4 is 34.0 Å². The molecule has 0 bridgehead atoms. The van der Waals surface area contributed by atoms with Crippen LogP contribution in [0.15, 0.2) is 23.1 Å². The van der Waals surface area contributed by atoms with Gasteiger partial charge in [0.2, 0.25) is 10.0 Å². The zero-order valence-corrected chi connectivity index (χ0v) is 14.6. The minimum Gasteiger partial charge on any atom is -0.492 e. The summed E-state index contributed by atoms with van der Waals surface area (Å²) in [6.45, 7) is 1.28. The molecule has 2 rings (SSSR count). The standard InChI is InChI=1S/C14H21ClN2O3S.ClH/c15-12-5-6-13(20-10-11-3-1-4-11)14(9-12)21(18,19)17-8-2-7-16;/h5-6,9,11,17H,1-4,7-8,10,16H2;1H. The van der Waals surface area contributed by atoms with Gasteiger partial charge < -0.3 is 10.5 Å². The van der Waals surface area contributed by atoms with E-state index in [1.807, 2.05) is 0 Å². The number of hydrogen-bond acceptors (Lipinski definition) is 4. The Kier molecular flexibility index (Phi) is 7.93. The minimum absolute atomic E-state index is 0. The van der Waals surface area contributed by atoms with Crippen molar-refractivity contribution < 1.29 is 13.2 Å². The second-order valence-corrected chi connectivity index (χ2v) is 7.41. The van der Waals surface area contributed by atoms with Crippen molar-refractivity contribution in [2.75, 3.05) is 19.7 Å². The largest absolute Gasteiger partial charge is 0.492 e. The zero-order valence-electron chi connectivity index (χ0n) is 12.3. The van der Waals surface area contributed by atoms with Gasteiger partial charge in [-0.2, -0.15) is 0 Å². The van der Waals surface area contributed by atoms with E-state index in [0.717, 1.165) is 12.8 Å². The van der Waals surface area contributed by atoms with Crippen LogP contribution in [0, 0.1) is 5.92 Å². The summed E-state index contributed by atoms with van der Waals surface area (Å²) in [5.74, 6) is 0.882. The van der Waals surface area contributed by atoms with Gasteiger partial charge in [0.25, 0.3) is 0 Å². The fourth-order valence-electron chi connectivity index (χ4n) is 2.06. The Morgan fingerprint density at radius 1 is 1.36 bits per heavy atom. The minimum atomic E-state index is -3.64. The van der Waals surface area contributed by atoms with Crippen LogP contribution in [0.1, 0.15) is 25.7 Å². The van der Waals surface area contributed by atoms with Gasteiger partial charge in [0, 0.05) is 11.6 Å². The van der Waals surface area contributed by atoms with Crippen molar-refractivity contribution in [3.8, 4) is 5.75 Å². The van der Waals surface area contributed by atoms with Crippen molar-refractivity contribution in [2.24, 2.45) is 11.7 Å². The lowest BCUT2D eigenvalue weighted by atomic mass is 9.86. The molecule has 0 unspecified atom stereocenters. The summed E-state index contributed by atoms with van der Waals surface area (Å²) in [4.78, 5) is 0.0892. The molecule has 0 saturated heterocycles. The van der Waals surface area contributed by atoms with Crippen LogP contribution in [0.25, 0.3) is 0 Å². The predicted octanol–water partition coefficient (Wildman–Crippen LogP) is 2.57. The SMILES string of the molecule is Cl.NCCCNS(=O)(=O)c1cc(Cl)ccc1OCC1CCC1. The van der Waals surface area contributed by atoms with Crippen LogP contribution in [0.2, 0.25) is 5.02 Å². The summed E-state index contributed by atoms with van der Waals surface area (Å²) in [7, 11) is -3.64. The number of nitrogens with one attached hydrogen (secondary N) is 1. The third-order valence-electron chi connectivity index (χ3n) is 3.57. The molecule has 0 radical (unpaired) electrons. The Bertz CT molecular complexity index is 577. The lowest BCUT2D eigenvalue weighted by molar-refractivity contribution is 0.177. The average molecular weight is 369 g/mol. The number of nitrogens with two attached hydrogens (primary N) is 1. The molecule has 5 nitrogen and oxygen atoms in total. The van der Waals surface area contributed by atoms with Crippen LogP contribution < -0.4 is 15.2 Å². The number of rotatable bonds is 8. The molecule has 0 heterocycles. The highest BCUT2D eigenvalue weighted by atomic mass is 35.5. The zero-order chi connectivity index (χ0) is 15.3. The molecular formula is C14H22Cl2N2O3S. The Labute approximate surface area is 143 Å². The Morgan fingerprint density at radius 3 is 2.68 bits per heavy atom. The fourth-order valence-corrected chi connectivity index (χ4v) is 3.54. The number of hydrogen-bond donors (Lipinski definition) is 2. The number of ether oxygens (including phenoxy) is 1. The first-order valence-electron chi connectivity index (χ1n) is 7.15. The van der Waals surface area contributed by atoms with Crippen molar-refractivity contribution in [2.45, 2.75) is 30.6 Å². The van der Waals surface area contributed by atoms with Gasteiger partial charge in [0.1, 0.15) is 10.6 Å². The van der Waals surface area contributed by atoms with Crippen LogP contribution in [-0.4, -0.2) is 28.1 Å². The molecule has 0 spiro atoms. The smallest absolute Gasteiger partial charge is 0.244 e. The van der Waals surface area contributed by atoms with Gasteiger partial charge in [-0.25, -0.2) is 13.1 Å². The van der Waals surface area contributed by atoms with E-state index in [-0.39, 0.29) is 17.3 Å².